The highest BCUT2D eigenvalue weighted by atomic mass is 32.2. The molecule has 4 nitrogen and oxygen atoms in total. The second kappa shape index (κ2) is 7.55. The molecule has 0 bridgehead atoms. The summed E-state index contributed by atoms with van der Waals surface area (Å²) in [4.78, 5) is 9.62. The molecule has 0 radical (unpaired) electrons. The van der Waals surface area contributed by atoms with Crippen molar-refractivity contribution in [2.24, 2.45) is 10.7 Å². The average molecular weight is 299 g/mol. The zero-order chi connectivity index (χ0) is 14.4. The largest absolute Gasteiger partial charge is 0.370 e. The van der Waals surface area contributed by atoms with Crippen LogP contribution in [-0.4, -0.2) is 65.5 Å². The minimum atomic E-state index is 0.304. The van der Waals surface area contributed by atoms with Crippen molar-refractivity contribution in [1.82, 2.24) is 9.80 Å². The predicted molar refractivity (Wildman–Crippen MR) is 89.5 cm³/mol. The van der Waals surface area contributed by atoms with E-state index in [1.807, 2.05) is 0 Å². The summed E-state index contributed by atoms with van der Waals surface area (Å²) in [5, 5.41) is 0. The molecule has 0 unspecified atom stereocenters. The summed E-state index contributed by atoms with van der Waals surface area (Å²) in [6, 6.07) is 0. The molecule has 1 saturated carbocycles. The summed E-state index contributed by atoms with van der Waals surface area (Å²) in [5.74, 6) is 3.28. The van der Waals surface area contributed by atoms with Crippen LogP contribution >= 0.6 is 11.8 Å². The maximum Gasteiger partial charge on any atom is 0.191 e. The lowest BCUT2D eigenvalue weighted by Gasteiger charge is -2.42. The van der Waals surface area contributed by atoms with E-state index in [0.717, 1.165) is 25.6 Å². The van der Waals surface area contributed by atoms with Gasteiger partial charge in [0.25, 0.3) is 0 Å². The SMILES string of the molecule is CCN(CC)C(N)=NCC1(N2CCSCC2)CCCC1. The Labute approximate surface area is 128 Å². The highest BCUT2D eigenvalue weighted by molar-refractivity contribution is 7.99. The van der Waals surface area contributed by atoms with Gasteiger partial charge in [-0.3, -0.25) is 9.89 Å². The van der Waals surface area contributed by atoms with E-state index in [-0.39, 0.29) is 0 Å². The Kier molecular flexibility index (Phi) is 6.02. The van der Waals surface area contributed by atoms with Gasteiger partial charge in [-0.2, -0.15) is 11.8 Å². The van der Waals surface area contributed by atoms with Gasteiger partial charge in [0.15, 0.2) is 5.96 Å². The summed E-state index contributed by atoms with van der Waals surface area (Å²) in [7, 11) is 0. The molecule has 1 aliphatic carbocycles. The minimum absolute atomic E-state index is 0.304. The van der Waals surface area contributed by atoms with Crippen molar-refractivity contribution in [2.45, 2.75) is 45.1 Å². The van der Waals surface area contributed by atoms with E-state index in [9.17, 15) is 0 Å². The number of nitrogens with two attached hydrogens (primary N) is 1. The van der Waals surface area contributed by atoms with Crippen molar-refractivity contribution < 1.29 is 0 Å². The number of hydrogen-bond acceptors (Lipinski definition) is 3. The molecule has 116 valence electrons. The molecular weight excluding hydrogens is 268 g/mol. The zero-order valence-corrected chi connectivity index (χ0v) is 13.9. The lowest BCUT2D eigenvalue weighted by atomic mass is 9.95. The van der Waals surface area contributed by atoms with Crippen molar-refractivity contribution in [1.29, 1.82) is 0 Å². The van der Waals surface area contributed by atoms with Gasteiger partial charge in [-0.05, 0) is 26.7 Å². The van der Waals surface area contributed by atoms with Gasteiger partial charge in [0.2, 0.25) is 0 Å². The Morgan fingerprint density at radius 3 is 2.35 bits per heavy atom. The first-order valence-electron chi connectivity index (χ1n) is 8.09. The highest BCUT2D eigenvalue weighted by Crippen LogP contribution is 2.37. The minimum Gasteiger partial charge on any atom is -0.370 e. The molecule has 0 amide bonds. The summed E-state index contributed by atoms with van der Waals surface area (Å²) in [5.41, 5.74) is 6.46. The second-order valence-electron chi connectivity index (χ2n) is 5.88. The Bertz CT molecular complexity index is 316. The third-order valence-electron chi connectivity index (χ3n) is 4.84. The van der Waals surface area contributed by atoms with E-state index >= 15 is 0 Å². The monoisotopic (exact) mass is 298 g/mol. The molecule has 0 aromatic heterocycles. The molecule has 5 heteroatoms. The predicted octanol–water partition coefficient (Wildman–Crippen LogP) is 2.00. The number of aliphatic imine (C=N–C) groups is 1. The molecule has 1 saturated heterocycles. The molecule has 1 heterocycles. The molecule has 2 N–H and O–H groups in total. The molecule has 0 atom stereocenters. The molecular formula is C15H30N4S. The third kappa shape index (κ3) is 3.61. The van der Waals surface area contributed by atoms with Crippen molar-refractivity contribution in [3.8, 4) is 0 Å². The van der Waals surface area contributed by atoms with Crippen LogP contribution in [0.2, 0.25) is 0 Å². The molecule has 2 fully saturated rings. The maximum atomic E-state index is 6.16. The summed E-state index contributed by atoms with van der Waals surface area (Å²) in [6.07, 6.45) is 5.30. The van der Waals surface area contributed by atoms with Crippen LogP contribution in [0.4, 0.5) is 0 Å². The fraction of sp³-hybridized carbons (Fsp3) is 0.933. The Morgan fingerprint density at radius 2 is 1.80 bits per heavy atom. The molecule has 0 aromatic carbocycles. The van der Waals surface area contributed by atoms with Gasteiger partial charge in [0.1, 0.15) is 0 Å². The van der Waals surface area contributed by atoms with Crippen LogP contribution in [0.25, 0.3) is 0 Å². The van der Waals surface area contributed by atoms with Crippen LogP contribution in [0.3, 0.4) is 0 Å². The van der Waals surface area contributed by atoms with E-state index < -0.39 is 0 Å². The van der Waals surface area contributed by atoms with Crippen LogP contribution in [0.15, 0.2) is 4.99 Å². The topological polar surface area (TPSA) is 44.9 Å². The number of guanidine groups is 1. The standard InChI is InChI=1S/C15H30N4S/c1-3-18(4-2)14(16)17-13-15(7-5-6-8-15)19-9-11-20-12-10-19/h3-13H2,1-2H3,(H2,16,17). The van der Waals surface area contributed by atoms with E-state index in [1.165, 1.54) is 50.3 Å². The van der Waals surface area contributed by atoms with Gasteiger partial charge in [-0.25, -0.2) is 0 Å². The zero-order valence-electron chi connectivity index (χ0n) is 13.1. The van der Waals surface area contributed by atoms with Crippen molar-refractivity contribution in [2.75, 3.05) is 44.2 Å². The van der Waals surface area contributed by atoms with Crippen LogP contribution in [0.5, 0.6) is 0 Å². The number of hydrogen-bond donors (Lipinski definition) is 1. The second-order valence-corrected chi connectivity index (χ2v) is 7.10. The first-order valence-corrected chi connectivity index (χ1v) is 9.25. The summed E-state index contributed by atoms with van der Waals surface area (Å²) < 4.78 is 0. The summed E-state index contributed by atoms with van der Waals surface area (Å²) >= 11 is 2.08. The number of nitrogens with zero attached hydrogens (tertiary/aromatic N) is 3. The quantitative estimate of drug-likeness (QED) is 0.623. The Hall–Kier alpha value is -0.420. The Balaban J connectivity index is 2.03. The van der Waals surface area contributed by atoms with Gasteiger partial charge in [-0.15, -0.1) is 0 Å². The van der Waals surface area contributed by atoms with Gasteiger partial charge in [-0.1, -0.05) is 12.8 Å². The fourth-order valence-corrected chi connectivity index (χ4v) is 4.42. The molecule has 2 aliphatic rings. The maximum absolute atomic E-state index is 6.16. The summed E-state index contributed by atoms with van der Waals surface area (Å²) in [6.45, 7) is 9.51. The van der Waals surface area contributed by atoms with Gasteiger partial charge < -0.3 is 10.6 Å². The average Bonchev–Trinajstić information content (AvgIpc) is 2.97. The molecule has 20 heavy (non-hydrogen) atoms. The van der Waals surface area contributed by atoms with Crippen LogP contribution in [0.1, 0.15) is 39.5 Å². The van der Waals surface area contributed by atoms with Crippen LogP contribution in [-0.2, 0) is 0 Å². The van der Waals surface area contributed by atoms with Crippen LogP contribution in [0, 0.1) is 0 Å². The molecule has 1 aliphatic heterocycles. The lowest BCUT2D eigenvalue weighted by Crippen LogP contribution is -2.53. The van der Waals surface area contributed by atoms with Gasteiger partial charge in [0.05, 0.1) is 6.54 Å². The van der Waals surface area contributed by atoms with E-state index in [0.29, 0.717) is 5.54 Å². The first-order chi connectivity index (χ1) is 9.72. The van der Waals surface area contributed by atoms with Crippen LogP contribution < -0.4 is 5.73 Å². The fourth-order valence-electron chi connectivity index (χ4n) is 3.52. The van der Waals surface area contributed by atoms with E-state index in [4.69, 9.17) is 10.7 Å². The van der Waals surface area contributed by atoms with E-state index in [1.54, 1.807) is 0 Å². The molecule has 2 rings (SSSR count). The molecule has 0 aromatic rings. The highest BCUT2D eigenvalue weighted by Gasteiger charge is 2.39. The Morgan fingerprint density at radius 1 is 1.20 bits per heavy atom. The van der Waals surface area contributed by atoms with Gasteiger partial charge in [0, 0.05) is 43.2 Å². The lowest BCUT2D eigenvalue weighted by molar-refractivity contribution is 0.112. The normalized spacial score (nSPS) is 24.0. The van der Waals surface area contributed by atoms with Crippen molar-refractivity contribution >= 4 is 17.7 Å². The number of thioether (sulfide) groups is 1. The molecule has 0 spiro atoms. The van der Waals surface area contributed by atoms with Gasteiger partial charge >= 0.3 is 0 Å². The number of rotatable bonds is 5. The first kappa shape index (κ1) is 16.0. The third-order valence-corrected chi connectivity index (χ3v) is 5.78. The van der Waals surface area contributed by atoms with Crippen molar-refractivity contribution in [3.05, 3.63) is 0 Å². The smallest absolute Gasteiger partial charge is 0.191 e. The van der Waals surface area contributed by atoms with Crippen molar-refractivity contribution in [3.63, 3.8) is 0 Å². The van der Waals surface area contributed by atoms with E-state index in [2.05, 4.69) is 35.4 Å².